The molecule has 0 saturated carbocycles. The molecule has 24 heavy (non-hydrogen) atoms. The SMILES string of the molecule is CCO[P+](=O)C(O)C[C@@H](O)[C@@H](O)[C@@H](O)C=NOCc1ccccc1. The van der Waals surface area contributed by atoms with Crippen molar-refractivity contribution in [1.29, 1.82) is 0 Å². The van der Waals surface area contributed by atoms with Crippen molar-refractivity contribution in [2.24, 2.45) is 5.16 Å². The Labute approximate surface area is 141 Å². The lowest BCUT2D eigenvalue weighted by atomic mass is 10.1. The van der Waals surface area contributed by atoms with E-state index >= 15 is 0 Å². The maximum Gasteiger partial charge on any atom is 0.540 e. The molecule has 0 radical (unpaired) electrons. The highest BCUT2D eigenvalue weighted by Gasteiger charge is 2.36. The number of oxime groups is 1. The Morgan fingerprint density at radius 3 is 2.50 bits per heavy atom. The van der Waals surface area contributed by atoms with Gasteiger partial charge in [0.25, 0.3) is 5.85 Å². The first kappa shape index (κ1) is 20.6. The molecule has 0 heterocycles. The summed E-state index contributed by atoms with van der Waals surface area (Å²) in [6.45, 7) is 1.95. The number of hydrogen-bond donors (Lipinski definition) is 4. The Hall–Kier alpha value is -1.41. The van der Waals surface area contributed by atoms with Crippen molar-refractivity contribution in [2.75, 3.05) is 6.61 Å². The quantitative estimate of drug-likeness (QED) is 0.260. The van der Waals surface area contributed by atoms with Crippen LogP contribution in [0.5, 0.6) is 0 Å². The molecule has 0 saturated heterocycles. The average molecular weight is 360 g/mol. The van der Waals surface area contributed by atoms with Gasteiger partial charge in [0, 0.05) is 0 Å². The zero-order chi connectivity index (χ0) is 17.9. The third-order valence-corrected chi connectivity index (χ3v) is 4.27. The highest BCUT2D eigenvalue weighted by Crippen LogP contribution is 2.30. The van der Waals surface area contributed by atoms with Gasteiger partial charge in [-0.05, 0) is 17.1 Å². The molecule has 0 aliphatic carbocycles. The van der Waals surface area contributed by atoms with Crippen LogP contribution in [0.25, 0.3) is 0 Å². The summed E-state index contributed by atoms with van der Waals surface area (Å²) in [6.07, 6.45) is -4.10. The molecule has 134 valence electrons. The maximum absolute atomic E-state index is 11.4. The van der Waals surface area contributed by atoms with Crippen molar-refractivity contribution in [1.82, 2.24) is 0 Å². The molecule has 5 atom stereocenters. The summed E-state index contributed by atoms with van der Waals surface area (Å²) in [5.41, 5.74) is 0.882. The standard InChI is InChI=1S/C15H23NO7P/c1-2-23-24(21)14(19)8-12(17)15(20)13(18)9-16-22-10-11-6-4-3-5-7-11/h3-7,9,12-15,17-20H,2,8,10H2,1H3/q+1/t12-,13+,14?,15-/m1/s1. The molecule has 0 aliphatic rings. The lowest BCUT2D eigenvalue weighted by molar-refractivity contribution is -0.0459. The van der Waals surface area contributed by atoms with Gasteiger partial charge in [-0.15, -0.1) is 4.52 Å². The van der Waals surface area contributed by atoms with Gasteiger partial charge in [-0.3, -0.25) is 0 Å². The van der Waals surface area contributed by atoms with Crippen molar-refractivity contribution in [3.05, 3.63) is 35.9 Å². The minimum absolute atomic E-state index is 0.152. The van der Waals surface area contributed by atoms with E-state index in [1.807, 2.05) is 30.3 Å². The molecule has 0 spiro atoms. The molecule has 0 fully saturated rings. The molecule has 1 aromatic rings. The van der Waals surface area contributed by atoms with Crippen molar-refractivity contribution in [3.8, 4) is 0 Å². The van der Waals surface area contributed by atoms with Crippen LogP contribution < -0.4 is 0 Å². The van der Waals surface area contributed by atoms with E-state index in [1.165, 1.54) is 0 Å². The van der Waals surface area contributed by atoms with Crippen LogP contribution >= 0.6 is 8.03 Å². The predicted octanol–water partition coefficient (Wildman–Crippen LogP) is 0.759. The zero-order valence-electron chi connectivity index (χ0n) is 13.3. The van der Waals surface area contributed by atoms with Gasteiger partial charge in [0.1, 0.15) is 18.8 Å². The minimum atomic E-state index is -2.36. The lowest BCUT2D eigenvalue weighted by Gasteiger charge is -2.19. The number of rotatable bonds is 11. The molecule has 1 aromatic carbocycles. The largest absolute Gasteiger partial charge is 0.540 e. The summed E-state index contributed by atoms with van der Waals surface area (Å²) in [7, 11) is -2.36. The first-order chi connectivity index (χ1) is 11.5. The fourth-order valence-electron chi connectivity index (χ4n) is 1.76. The van der Waals surface area contributed by atoms with Crippen LogP contribution in [-0.4, -0.2) is 57.4 Å². The van der Waals surface area contributed by atoms with Crippen LogP contribution in [0, 0.1) is 0 Å². The topological polar surface area (TPSA) is 129 Å². The third kappa shape index (κ3) is 7.44. The molecule has 1 rings (SSSR count). The fourth-order valence-corrected chi connectivity index (χ4v) is 2.58. The predicted molar refractivity (Wildman–Crippen MR) is 87.6 cm³/mol. The summed E-state index contributed by atoms with van der Waals surface area (Å²) in [5.74, 6) is -1.44. The van der Waals surface area contributed by atoms with E-state index < -0.39 is 38.6 Å². The fraction of sp³-hybridized carbons (Fsp3) is 0.533. The number of nitrogens with zero attached hydrogens (tertiary/aromatic N) is 1. The molecular weight excluding hydrogens is 337 g/mol. The number of hydrogen-bond acceptors (Lipinski definition) is 8. The van der Waals surface area contributed by atoms with Gasteiger partial charge in [-0.1, -0.05) is 35.5 Å². The van der Waals surface area contributed by atoms with Crippen LogP contribution in [0.15, 0.2) is 35.5 Å². The molecule has 0 aromatic heterocycles. The Balaban J connectivity index is 2.38. The Kier molecular flexibility index (Phi) is 9.63. The van der Waals surface area contributed by atoms with E-state index in [4.69, 9.17) is 9.36 Å². The van der Waals surface area contributed by atoms with Gasteiger partial charge in [0.2, 0.25) is 0 Å². The summed E-state index contributed by atoms with van der Waals surface area (Å²) in [5, 5.41) is 42.3. The maximum atomic E-state index is 11.4. The highest BCUT2D eigenvalue weighted by molar-refractivity contribution is 7.39. The van der Waals surface area contributed by atoms with E-state index in [0.29, 0.717) is 0 Å². The zero-order valence-corrected chi connectivity index (χ0v) is 14.2. The summed E-state index contributed by atoms with van der Waals surface area (Å²) in [4.78, 5) is 4.97. The summed E-state index contributed by atoms with van der Waals surface area (Å²) < 4.78 is 16.1. The molecule has 0 amide bonds. The average Bonchev–Trinajstić information content (AvgIpc) is 2.58. The summed E-state index contributed by atoms with van der Waals surface area (Å²) in [6, 6.07) is 9.23. The molecule has 9 heteroatoms. The summed E-state index contributed by atoms with van der Waals surface area (Å²) >= 11 is 0. The van der Waals surface area contributed by atoms with Crippen molar-refractivity contribution >= 4 is 14.2 Å². The van der Waals surface area contributed by atoms with E-state index in [-0.39, 0.29) is 13.2 Å². The van der Waals surface area contributed by atoms with Crippen LogP contribution in [0.1, 0.15) is 18.9 Å². The number of aliphatic hydroxyl groups excluding tert-OH is 4. The second-order valence-electron chi connectivity index (χ2n) is 4.98. The molecule has 0 bridgehead atoms. The monoisotopic (exact) mass is 360 g/mol. The normalized spacial score (nSPS) is 17.3. The van der Waals surface area contributed by atoms with Crippen molar-refractivity contribution in [2.45, 2.75) is 44.1 Å². The smallest absolute Gasteiger partial charge is 0.391 e. The lowest BCUT2D eigenvalue weighted by Crippen LogP contribution is -2.39. The molecule has 0 aliphatic heterocycles. The van der Waals surface area contributed by atoms with Gasteiger partial charge in [0.15, 0.2) is 0 Å². The molecule has 2 unspecified atom stereocenters. The first-order valence-electron chi connectivity index (χ1n) is 7.46. The Morgan fingerprint density at radius 1 is 1.21 bits per heavy atom. The second kappa shape index (κ2) is 11.2. The third-order valence-electron chi connectivity index (χ3n) is 3.06. The Bertz CT molecular complexity index is 514. The van der Waals surface area contributed by atoms with Crippen LogP contribution in [0.2, 0.25) is 0 Å². The Morgan fingerprint density at radius 2 is 1.88 bits per heavy atom. The van der Waals surface area contributed by atoms with Crippen LogP contribution in [-0.2, 0) is 20.5 Å². The molecule has 4 N–H and O–H groups in total. The number of aliphatic hydroxyl groups is 4. The van der Waals surface area contributed by atoms with Gasteiger partial charge < -0.3 is 25.3 Å². The van der Waals surface area contributed by atoms with Gasteiger partial charge in [-0.2, -0.15) is 0 Å². The first-order valence-corrected chi connectivity index (χ1v) is 8.71. The van der Waals surface area contributed by atoms with E-state index in [0.717, 1.165) is 11.8 Å². The van der Waals surface area contributed by atoms with Crippen LogP contribution in [0.4, 0.5) is 0 Å². The van der Waals surface area contributed by atoms with Crippen molar-refractivity contribution < 1.29 is 34.4 Å². The van der Waals surface area contributed by atoms with Gasteiger partial charge in [-0.25, -0.2) is 0 Å². The molecular formula is C15H23NO7P+. The van der Waals surface area contributed by atoms with Gasteiger partial charge in [0.05, 0.1) is 25.3 Å². The van der Waals surface area contributed by atoms with Gasteiger partial charge >= 0.3 is 8.03 Å². The van der Waals surface area contributed by atoms with Crippen LogP contribution in [0.3, 0.4) is 0 Å². The van der Waals surface area contributed by atoms with Crippen molar-refractivity contribution in [3.63, 3.8) is 0 Å². The van der Waals surface area contributed by atoms with E-state index in [2.05, 4.69) is 5.16 Å². The highest BCUT2D eigenvalue weighted by atomic mass is 31.1. The van der Waals surface area contributed by atoms with E-state index in [1.54, 1.807) is 6.92 Å². The number of benzene rings is 1. The molecule has 8 nitrogen and oxygen atoms in total. The second-order valence-corrected chi connectivity index (χ2v) is 6.41. The minimum Gasteiger partial charge on any atom is -0.391 e. The van der Waals surface area contributed by atoms with E-state index in [9.17, 15) is 25.0 Å².